The van der Waals surface area contributed by atoms with E-state index in [0.29, 0.717) is 10.7 Å². The van der Waals surface area contributed by atoms with Crippen LogP contribution in [0.15, 0.2) is 70.2 Å². The number of amidine groups is 1. The highest BCUT2D eigenvalue weighted by atomic mass is 35.5. The first-order valence-electron chi connectivity index (χ1n) is 12.3. The molecule has 36 heavy (non-hydrogen) atoms. The molecule has 0 atom stereocenters. The van der Waals surface area contributed by atoms with Gasteiger partial charge in [0.25, 0.3) is 0 Å². The maximum Gasteiger partial charge on any atom is 0.110 e. The first-order chi connectivity index (χ1) is 17.5. The number of nitrogens with one attached hydrogen (secondary N) is 1. The fourth-order valence-electron chi connectivity index (χ4n) is 3.93. The van der Waals surface area contributed by atoms with E-state index in [-0.39, 0.29) is 0 Å². The molecular formula is C27H35ClN6OS. The van der Waals surface area contributed by atoms with Gasteiger partial charge < -0.3 is 9.80 Å². The van der Waals surface area contributed by atoms with Gasteiger partial charge in [-0.1, -0.05) is 61.0 Å². The van der Waals surface area contributed by atoms with Crippen molar-refractivity contribution < 1.29 is 0 Å². The molecule has 2 aliphatic rings. The van der Waals surface area contributed by atoms with Crippen molar-refractivity contribution in [1.82, 2.24) is 9.80 Å². The summed E-state index contributed by atoms with van der Waals surface area (Å²) in [4.78, 5) is 21.3. The molecule has 7 nitrogen and oxygen atoms in total. The standard InChI is InChI=1S/C21H31N5S.C6H4ClNO/c1-3-4-11-24(2)17-20(22)26-14-12-25(13-15-26)19-8-6-18(7-9-19)21-23-10-5-16-27-21;7-5-2-1-3-6(4-5)8-9/h5-9,16,22H,3-4,10-15,17H2,1-2H3;1-4H. The molecule has 0 amide bonds. The van der Waals surface area contributed by atoms with Crippen molar-refractivity contribution >= 4 is 45.6 Å². The Morgan fingerprint density at radius 1 is 1.17 bits per heavy atom. The summed E-state index contributed by atoms with van der Waals surface area (Å²) in [6.45, 7) is 8.62. The third kappa shape index (κ3) is 8.76. The van der Waals surface area contributed by atoms with E-state index in [2.05, 4.69) is 74.6 Å². The molecule has 0 bridgehead atoms. The van der Waals surface area contributed by atoms with Gasteiger partial charge in [-0.3, -0.25) is 15.3 Å². The molecule has 0 radical (unpaired) electrons. The fraction of sp³-hybridized carbons (Fsp3) is 0.407. The fourth-order valence-corrected chi connectivity index (χ4v) is 4.85. The van der Waals surface area contributed by atoms with Crippen LogP contribution >= 0.6 is 23.4 Å². The largest absolute Gasteiger partial charge is 0.368 e. The van der Waals surface area contributed by atoms with Gasteiger partial charge in [-0.05, 0) is 60.9 Å². The molecule has 2 aromatic rings. The molecular weight excluding hydrogens is 492 g/mol. The lowest BCUT2D eigenvalue weighted by atomic mass is 10.2. The average molecular weight is 527 g/mol. The molecule has 9 heteroatoms. The van der Waals surface area contributed by atoms with Crippen LogP contribution in [0.2, 0.25) is 5.02 Å². The van der Waals surface area contributed by atoms with Crippen LogP contribution in [0.1, 0.15) is 25.3 Å². The quantitative estimate of drug-likeness (QED) is 0.249. The van der Waals surface area contributed by atoms with Gasteiger partial charge in [-0.2, -0.15) is 0 Å². The Hall–Kier alpha value is -2.68. The number of halogens is 1. The highest BCUT2D eigenvalue weighted by Gasteiger charge is 2.20. The van der Waals surface area contributed by atoms with Crippen molar-refractivity contribution in [3.63, 3.8) is 0 Å². The van der Waals surface area contributed by atoms with E-state index in [1.54, 1.807) is 30.0 Å². The Morgan fingerprint density at radius 3 is 2.50 bits per heavy atom. The van der Waals surface area contributed by atoms with Gasteiger partial charge in [0, 0.05) is 42.5 Å². The van der Waals surface area contributed by atoms with Crippen molar-refractivity contribution in [2.24, 2.45) is 10.2 Å². The number of hydrogen-bond donors (Lipinski definition) is 1. The second-order valence-electron chi connectivity index (χ2n) is 8.77. The van der Waals surface area contributed by atoms with E-state index in [1.165, 1.54) is 30.2 Å². The number of likely N-dealkylation sites (N-methyl/N-ethyl adjacent to an activating group) is 1. The van der Waals surface area contributed by atoms with Crippen LogP contribution in [0.25, 0.3) is 0 Å². The normalized spacial score (nSPS) is 15.3. The van der Waals surface area contributed by atoms with Crippen molar-refractivity contribution in [2.75, 3.05) is 57.8 Å². The molecule has 0 spiro atoms. The molecule has 2 aromatic carbocycles. The number of anilines is 1. The predicted octanol–water partition coefficient (Wildman–Crippen LogP) is 6.26. The summed E-state index contributed by atoms with van der Waals surface area (Å²) in [6, 6.07) is 15.2. The number of thioether (sulfide) groups is 1. The monoisotopic (exact) mass is 526 g/mol. The Balaban J connectivity index is 0.000000338. The maximum absolute atomic E-state index is 9.85. The van der Waals surface area contributed by atoms with Gasteiger partial charge in [0.05, 0.1) is 13.1 Å². The molecule has 192 valence electrons. The van der Waals surface area contributed by atoms with Gasteiger partial charge in [0.15, 0.2) is 0 Å². The van der Waals surface area contributed by atoms with Crippen LogP contribution in [0.5, 0.6) is 0 Å². The second-order valence-corrected chi connectivity index (χ2v) is 10.1. The number of piperazine rings is 1. The molecule has 0 unspecified atom stereocenters. The number of hydrogen-bond acceptors (Lipinski definition) is 7. The molecule has 1 saturated heterocycles. The predicted molar refractivity (Wildman–Crippen MR) is 155 cm³/mol. The number of rotatable bonds is 8. The van der Waals surface area contributed by atoms with E-state index in [0.717, 1.165) is 56.7 Å². The van der Waals surface area contributed by atoms with Gasteiger partial charge in [0.1, 0.15) is 16.6 Å². The molecule has 1 N–H and O–H groups in total. The molecule has 1 fully saturated rings. The summed E-state index contributed by atoms with van der Waals surface area (Å²) in [7, 11) is 2.12. The lowest BCUT2D eigenvalue weighted by Gasteiger charge is -2.38. The molecule has 0 aromatic heterocycles. The van der Waals surface area contributed by atoms with E-state index in [1.807, 2.05) is 0 Å². The van der Waals surface area contributed by atoms with Crippen LogP contribution in [-0.4, -0.2) is 73.5 Å². The van der Waals surface area contributed by atoms with E-state index >= 15 is 0 Å². The minimum atomic E-state index is 0.363. The summed E-state index contributed by atoms with van der Waals surface area (Å²) in [5, 5.41) is 14.9. The Bertz CT molecular complexity index is 1050. The molecule has 2 aliphatic heterocycles. The third-order valence-electron chi connectivity index (χ3n) is 5.98. The zero-order chi connectivity index (χ0) is 25.8. The Morgan fingerprint density at radius 2 is 1.92 bits per heavy atom. The summed E-state index contributed by atoms with van der Waals surface area (Å²) >= 11 is 7.22. The first kappa shape index (κ1) is 27.9. The van der Waals surface area contributed by atoms with Gasteiger partial charge >= 0.3 is 0 Å². The summed E-state index contributed by atoms with van der Waals surface area (Å²) < 4.78 is 0. The summed E-state index contributed by atoms with van der Waals surface area (Å²) in [5.74, 6) is 0.754. The number of nitrogens with zero attached hydrogens (tertiary/aromatic N) is 5. The van der Waals surface area contributed by atoms with Crippen LogP contribution < -0.4 is 4.90 Å². The van der Waals surface area contributed by atoms with Gasteiger partial charge in [-0.15, -0.1) is 4.91 Å². The van der Waals surface area contributed by atoms with E-state index in [4.69, 9.17) is 17.0 Å². The molecule has 4 rings (SSSR count). The SMILES string of the molecule is CCCCN(C)CC(=N)N1CCN(c2ccc(C3=NCC=CS3)cc2)CC1.O=Nc1cccc(Cl)c1. The van der Waals surface area contributed by atoms with Crippen molar-refractivity contribution in [2.45, 2.75) is 19.8 Å². The summed E-state index contributed by atoms with van der Waals surface area (Å²) in [5.41, 5.74) is 2.83. The minimum absolute atomic E-state index is 0.363. The van der Waals surface area contributed by atoms with Crippen molar-refractivity contribution in [3.8, 4) is 0 Å². The van der Waals surface area contributed by atoms with Gasteiger partial charge in [-0.25, -0.2) is 0 Å². The topological polar surface area (TPSA) is 75.4 Å². The van der Waals surface area contributed by atoms with E-state index in [9.17, 15) is 4.91 Å². The second kappa shape index (κ2) is 14.8. The third-order valence-corrected chi connectivity index (χ3v) is 7.14. The average Bonchev–Trinajstić information content (AvgIpc) is 2.93. The Kier molecular flexibility index (Phi) is 11.5. The molecule has 2 heterocycles. The zero-order valence-corrected chi connectivity index (χ0v) is 22.6. The number of unbranched alkanes of at least 4 members (excludes halogenated alkanes) is 1. The molecule has 0 saturated carbocycles. The van der Waals surface area contributed by atoms with Gasteiger partial charge in [0.2, 0.25) is 0 Å². The highest BCUT2D eigenvalue weighted by molar-refractivity contribution is 8.16. The lowest BCUT2D eigenvalue weighted by Crippen LogP contribution is -2.50. The van der Waals surface area contributed by atoms with Crippen LogP contribution in [-0.2, 0) is 0 Å². The first-order valence-corrected chi connectivity index (χ1v) is 13.6. The van der Waals surface area contributed by atoms with Crippen molar-refractivity contribution in [1.29, 1.82) is 5.41 Å². The van der Waals surface area contributed by atoms with Crippen LogP contribution in [0, 0.1) is 10.3 Å². The van der Waals surface area contributed by atoms with Crippen LogP contribution in [0.3, 0.4) is 0 Å². The van der Waals surface area contributed by atoms with Crippen LogP contribution in [0.4, 0.5) is 11.4 Å². The smallest absolute Gasteiger partial charge is 0.110 e. The number of aliphatic imine (C=N–C) groups is 1. The lowest BCUT2D eigenvalue weighted by molar-refractivity contribution is 0.328. The zero-order valence-electron chi connectivity index (χ0n) is 21.1. The number of benzene rings is 2. The highest BCUT2D eigenvalue weighted by Crippen LogP contribution is 2.22. The minimum Gasteiger partial charge on any atom is -0.368 e. The Labute approximate surface area is 223 Å². The van der Waals surface area contributed by atoms with Crippen molar-refractivity contribution in [3.05, 3.63) is 75.5 Å². The number of nitroso groups, excluding NO2 is 1. The summed E-state index contributed by atoms with van der Waals surface area (Å²) in [6.07, 6.45) is 4.49. The van der Waals surface area contributed by atoms with E-state index < -0.39 is 0 Å². The maximum atomic E-state index is 9.85. The molecule has 0 aliphatic carbocycles.